The van der Waals surface area contributed by atoms with E-state index in [2.05, 4.69) is 31.9 Å². The maximum absolute atomic E-state index is 12.7. The number of hydrogen-bond donors (Lipinski definition) is 1. The lowest BCUT2D eigenvalue weighted by Gasteiger charge is -2.03. The van der Waals surface area contributed by atoms with Gasteiger partial charge in [-0.1, -0.05) is 0 Å². The molecule has 0 saturated carbocycles. The van der Waals surface area contributed by atoms with Gasteiger partial charge in [0.05, 0.1) is 5.56 Å². The molecule has 8 heteroatoms. The Labute approximate surface area is 102 Å². The van der Waals surface area contributed by atoms with Crippen LogP contribution in [-0.4, -0.2) is 19.5 Å². The highest BCUT2D eigenvalue weighted by molar-refractivity contribution is 9.11. The third kappa shape index (κ3) is 2.76. The normalized spacial score (nSPS) is 11.4. The molecule has 0 bridgehead atoms. The Bertz CT molecular complexity index is 526. The Morgan fingerprint density at radius 2 is 1.80 bits per heavy atom. The summed E-state index contributed by atoms with van der Waals surface area (Å²) in [6.45, 7) is 0. The van der Waals surface area contributed by atoms with Gasteiger partial charge in [0, 0.05) is 8.95 Å². The van der Waals surface area contributed by atoms with Crippen LogP contribution in [0, 0.1) is 0 Å². The third-order valence-corrected chi connectivity index (χ3v) is 3.95. The molecule has 0 radical (unpaired) electrons. The van der Waals surface area contributed by atoms with Gasteiger partial charge in [-0.3, -0.25) is 0 Å². The van der Waals surface area contributed by atoms with Gasteiger partial charge in [-0.05, 0) is 44.0 Å². The molecule has 82 valence electrons. The van der Waals surface area contributed by atoms with E-state index in [0.717, 1.165) is 12.1 Å². The summed E-state index contributed by atoms with van der Waals surface area (Å²) in [6.07, 6.45) is 0. The summed E-state index contributed by atoms with van der Waals surface area (Å²) < 4.78 is 34.1. The molecular formula is C7H3Br2FO4S. The number of rotatable bonds is 2. The Kier molecular flexibility index (Phi) is 3.51. The second-order valence-corrected chi connectivity index (χ2v) is 5.53. The number of carbonyl (C=O) groups is 1. The topological polar surface area (TPSA) is 71.4 Å². The van der Waals surface area contributed by atoms with Crippen LogP contribution in [0.4, 0.5) is 3.89 Å². The van der Waals surface area contributed by atoms with Crippen LogP contribution in [0.15, 0.2) is 26.0 Å². The first-order chi connectivity index (χ1) is 6.73. The number of hydrogen-bond acceptors (Lipinski definition) is 3. The maximum atomic E-state index is 12.7. The van der Waals surface area contributed by atoms with E-state index in [9.17, 15) is 17.1 Å². The molecule has 0 aromatic heterocycles. The minimum Gasteiger partial charge on any atom is -0.478 e. The quantitative estimate of drug-likeness (QED) is 0.822. The first-order valence-corrected chi connectivity index (χ1v) is 6.37. The van der Waals surface area contributed by atoms with Crippen LogP contribution in [0.25, 0.3) is 0 Å². The summed E-state index contributed by atoms with van der Waals surface area (Å²) in [6, 6.07) is 1.90. The molecule has 0 saturated heterocycles. The molecule has 0 aliphatic rings. The van der Waals surface area contributed by atoms with Crippen molar-refractivity contribution in [3.8, 4) is 0 Å². The van der Waals surface area contributed by atoms with E-state index in [4.69, 9.17) is 5.11 Å². The molecule has 1 N–H and O–H groups in total. The van der Waals surface area contributed by atoms with E-state index < -0.39 is 21.1 Å². The van der Waals surface area contributed by atoms with Crippen molar-refractivity contribution in [1.29, 1.82) is 0 Å². The minimum atomic E-state index is -4.94. The van der Waals surface area contributed by atoms with Crippen molar-refractivity contribution in [2.75, 3.05) is 0 Å². The van der Waals surface area contributed by atoms with Gasteiger partial charge in [0.1, 0.15) is 4.90 Å². The van der Waals surface area contributed by atoms with Crippen molar-refractivity contribution in [2.24, 2.45) is 0 Å². The third-order valence-electron chi connectivity index (χ3n) is 1.51. The van der Waals surface area contributed by atoms with Crippen molar-refractivity contribution in [2.45, 2.75) is 4.90 Å². The smallest absolute Gasteiger partial charge is 0.336 e. The number of carboxylic acids is 1. The molecule has 0 fully saturated rings. The molecule has 0 amide bonds. The summed E-state index contributed by atoms with van der Waals surface area (Å²) in [5, 5.41) is 8.68. The molecule has 15 heavy (non-hydrogen) atoms. The van der Waals surface area contributed by atoms with E-state index in [0.29, 0.717) is 0 Å². The monoisotopic (exact) mass is 360 g/mol. The SMILES string of the molecule is O=C(O)c1cc(S(=O)(=O)F)c(Br)cc1Br. The Hall–Kier alpha value is -0.470. The zero-order valence-electron chi connectivity index (χ0n) is 6.87. The first kappa shape index (κ1) is 12.6. The minimum absolute atomic E-state index is 0.0399. The van der Waals surface area contributed by atoms with Crippen LogP contribution >= 0.6 is 31.9 Å². The van der Waals surface area contributed by atoms with Crippen LogP contribution in [0.3, 0.4) is 0 Å². The van der Waals surface area contributed by atoms with Crippen LogP contribution in [0.2, 0.25) is 0 Å². The van der Waals surface area contributed by atoms with Crippen LogP contribution in [0.5, 0.6) is 0 Å². The van der Waals surface area contributed by atoms with Crippen LogP contribution < -0.4 is 0 Å². The molecule has 1 rings (SSSR count). The van der Waals surface area contributed by atoms with Crippen molar-refractivity contribution in [1.82, 2.24) is 0 Å². The van der Waals surface area contributed by atoms with Crippen molar-refractivity contribution < 1.29 is 22.2 Å². The fourth-order valence-corrected chi connectivity index (χ4v) is 3.17. The summed E-state index contributed by atoms with van der Waals surface area (Å²) >= 11 is 5.74. The highest BCUT2D eigenvalue weighted by Crippen LogP contribution is 2.30. The zero-order valence-corrected chi connectivity index (χ0v) is 10.9. The average Bonchev–Trinajstić information content (AvgIpc) is 2.00. The van der Waals surface area contributed by atoms with Crippen molar-refractivity contribution in [3.63, 3.8) is 0 Å². The Morgan fingerprint density at radius 3 is 2.20 bits per heavy atom. The van der Waals surface area contributed by atoms with Gasteiger partial charge < -0.3 is 5.11 Å². The van der Waals surface area contributed by atoms with Gasteiger partial charge in [0.15, 0.2) is 0 Å². The summed E-state index contributed by atoms with van der Waals surface area (Å²) in [4.78, 5) is 9.94. The fourth-order valence-electron chi connectivity index (χ4n) is 0.880. The predicted molar refractivity (Wildman–Crippen MR) is 57.1 cm³/mol. The van der Waals surface area contributed by atoms with Crippen LogP contribution in [-0.2, 0) is 10.2 Å². The fraction of sp³-hybridized carbons (Fsp3) is 0. The van der Waals surface area contributed by atoms with Crippen molar-refractivity contribution >= 4 is 48.1 Å². The number of benzene rings is 1. The average molecular weight is 362 g/mol. The van der Waals surface area contributed by atoms with Gasteiger partial charge in [-0.2, -0.15) is 8.42 Å². The molecule has 0 heterocycles. The standard InChI is InChI=1S/C7H3Br2FO4S/c8-4-2-5(9)6(15(10,13)14)1-3(4)7(11)12/h1-2H,(H,11,12). The summed E-state index contributed by atoms with van der Waals surface area (Å²) in [5.74, 6) is -1.35. The molecule has 0 aliphatic heterocycles. The predicted octanol–water partition coefficient (Wildman–Crippen LogP) is 2.57. The van der Waals surface area contributed by atoms with E-state index >= 15 is 0 Å². The highest BCUT2D eigenvalue weighted by Gasteiger charge is 2.21. The maximum Gasteiger partial charge on any atom is 0.336 e. The molecule has 1 aromatic rings. The molecule has 1 aromatic carbocycles. The van der Waals surface area contributed by atoms with Crippen molar-refractivity contribution in [3.05, 3.63) is 26.6 Å². The van der Waals surface area contributed by atoms with E-state index in [1.165, 1.54) is 0 Å². The summed E-state index contributed by atoms with van der Waals surface area (Å²) in [7, 11) is -4.94. The van der Waals surface area contributed by atoms with Gasteiger partial charge in [-0.25, -0.2) is 4.79 Å². The summed E-state index contributed by atoms with van der Waals surface area (Å²) in [5.41, 5.74) is -0.325. The molecule has 4 nitrogen and oxygen atoms in total. The largest absolute Gasteiger partial charge is 0.478 e. The molecular weight excluding hydrogens is 359 g/mol. The Morgan fingerprint density at radius 1 is 1.27 bits per heavy atom. The second-order valence-electron chi connectivity index (χ2n) is 2.51. The second kappa shape index (κ2) is 4.18. The van der Waals surface area contributed by atoms with Crippen LogP contribution in [0.1, 0.15) is 10.4 Å². The van der Waals surface area contributed by atoms with Gasteiger partial charge in [0.25, 0.3) is 0 Å². The Balaban J connectivity index is 3.58. The lowest BCUT2D eigenvalue weighted by atomic mass is 10.2. The van der Waals surface area contributed by atoms with Gasteiger partial charge >= 0.3 is 16.2 Å². The van der Waals surface area contributed by atoms with Gasteiger partial charge in [-0.15, -0.1) is 3.89 Å². The highest BCUT2D eigenvalue weighted by atomic mass is 79.9. The van der Waals surface area contributed by atoms with E-state index in [1.807, 2.05) is 0 Å². The molecule has 0 aliphatic carbocycles. The molecule has 0 unspecified atom stereocenters. The molecule has 0 atom stereocenters. The molecule has 0 spiro atoms. The van der Waals surface area contributed by atoms with E-state index in [-0.39, 0.29) is 14.5 Å². The number of halogens is 3. The number of aromatic carboxylic acids is 1. The lowest BCUT2D eigenvalue weighted by molar-refractivity contribution is 0.0695. The zero-order chi connectivity index (χ0) is 11.8. The number of carboxylic acid groups (broad SMARTS) is 1. The van der Waals surface area contributed by atoms with Gasteiger partial charge in [0.2, 0.25) is 0 Å². The van der Waals surface area contributed by atoms with E-state index in [1.54, 1.807) is 0 Å². The first-order valence-electron chi connectivity index (χ1n) is 3.40. The lowest BCUT2D eigenvalue weighted by Crippen LogP contribution is -2.02.